The second-order valence-electron chi connectivity index (χ2n) is 8.62. The van der Waals surface area contributed by atoms with E-state index in [-0.39, 0.29) is 17.2 Å². The molecule has 0 saturated heterocycles. The Morgan fingerprint density at radius 1 is 1.28 bits per heavy atom. The van der Waals surface area contributed by atoms with Crippen LogP contribution in [0.1, 0.15) is 38.1 Å². The number of furan rings is 1. The van der Waals surface area contributed by atoms with Crippen molar-refractivity contribution in [2.75, 3.05) is 26.1 Å². The number of fused-ring (bicyclic) bond motifs is 1. The molecule has 0 aliphatic carbocycles. The highest BCUT2D eigenvalue weighted by atomic mass is 79.9. The fourth-order valence-electron chi connectivity index (χ4n) is 3.96. The van der Waals surface area contributed by atoms with Crippen molar-refractivity contribution in [3.8, 4) is 5.75 Å². The number of methoxy groups -OCH3 is 1. The average Bonchev–Trinajstić information content (AvgIpc) is 3.31. The van der Waals surface area contributed by atoms with Gasteiger partial charge in [0.1, 0.15) is 17.6 Å². The van der Waals surface area contributed by atoms with Crippen LogP contribution in [0, 0.1) is 0 Å². The first kappa shape index (κ1) is 26.4. The number of hydrogen-bond donors (Lipinski definition) is 0. The lowest BCUT2D eigenvalue weighted by atomic mass is 9.95. The van der Waals surface area contributed by atoms with Gasteiger partial charge in [-0.1, -0.05) is 27.3 Å². The van der Waals surface area contributed by atoms with Gasteiger partial charge in [0.05, 0.1) is 33.5 Å². The first-order valence-electron chi connectivity index (χ1n) is 11.1. The first-order valence-corrected chi connectivity index (χ1v) is 13.5. The van der Waals surface area contributed by atoms with Gasteiger partial charge in [-0.25, -0.2) is 9.79 Å². The second-order valence-corrected chi connectivity index (χ2v) is 11.4. The molecule has 0 bridgehead atoms. The molecule has 0 N–H and O–H groups in total. The van der Waals surface area contributed by atoms with Crippen molar-refractivity contribution < 1.29 is 18.7 Å². The van der Waals surface area contributed by atoms with Gasteiger partial charge in [0.15, 0.2) is 4.80 Å². The van der Waals surface area contributed by atoms with E-state index in [4.69, 9.17) is 13.9 Å². The zero-order valence-corrected chi connectivity index (χ0v) is 24.6. The Kier molecular flexibility index (Phi) is 7.63. The van der Waals surface area contributed by atoms with Crippen LogP contribution in [0.2, 0.25) is 0 Å². The third-order valence-electron chi connectivity index (χ3n) is 5.44. The number of ether oxygens (including phenoxy) is 2. The van der Waals surface area contributed by atoms with Crippen LogP contribution in [-0.2, 0) is 9.53 Å². The third-order valence-corrected chi connectivity index (χ3v) is 7.48. The minimum atomic E-state index is -0.789. The van der Waals surface area contributed by atoms with E-state index in [1.54, 1.807) is 46.1 Å². The number of esters is 1. The van der Waals surface area contributed by atoms with Gasteiger partial charge in [0.25, 0.3) is 5.56 Å². The Morgan fingerprint density at radius 2 is 2.00 bits per heavy atom. The molecule has 36 heavy (non-hydrogen) atoms. The van der Waals surface area contributed by atoms with Crippen molar-refractivity contribution in [2.45, 2.75) is 32.9 Å². The third kappa shape index (κ3) is 4.96. The molecule has 2 aromatic heterocycles. The van der Waals surface area contributed by atoms with Crippen molar-refractivity contribution in [3.05, 3.63) is 75.5 Å². The largest absolute Gasteiger partial charge is 0.496 e. The number of anilines is 1. The summed E-state index contributed by atoms with van der Waals surface area (Å²) in [5.41, 5.74) is 1.11. The number of carbonyl (C=O) groups is 1. The lowest BCUT2D eigenvalue weighted by Crippen LogP contribution is -2.40. The Hall–Kier alpha value is -2.63. The first-order chi connectivity index (χ1) is 17.0. The Morgan fingerprint density at radius 3 is 2.61 bits per heavy atom. The van der Waals surface area contributed by atoms with Crippen LogP contribution in [0.3, 0.4) is 0 Å². The molecule has 0 radical (unpaired) electrons. The van der Waals surface area contributed by atoms with Crippen LogP contribution in [0.25, 0.3) is 6.08 Å². The van der Waals surface area contributed by atoms with Gasteiger partial charge in [0, 0.05) is 36.3 Å². The number of thiazole rings is 1. The van der Waals surface area contributed by atoms with Crippen molar-refractivity contribution in [1.82, 2.24) is 4.57 Å². The molecular weight excluding hydrogens is 614 g/mol. The minimum Gasteiger partial charge on any atom is -0.496 e. The number of rotatable bonds is 6. The minimum absolute atomic E-state index is 0.287. The zero-order chi connectivity index (χ0) is 26.3. The molecule has 11 heteroatoms. The van der Waals surface area contributed by atoms with Gasteiger partial charge in [-0.2, -0.15) is 0 Å². The summed E-state index contributed by atoms with van der Waals surface area (Å²) >= 11 is 8.23. The van der Waals surface area contributed by atoms with E-state index >= 15 is 0 Å². The summed E-state index contributed by atoms with van der Waals surface area (Å²) in [6.07, 6.45) is 1.35. The van der Waals surface area contributed by atoms with E-state index in [9.17, 15) is 9.59 Å². The molecule has 1 atom stereocenters. The molecule has 3 heterocycles. The lowest BCUT2D eigenvalue weighted by Gasteiger charge is -2.26. The Labute approximate surface area is 228 Å². The predicted octanol–water partition coefficient (Wildman–Crippen LogP) is 4.38. The molecule has 0 saturated carbocycles. The molecule has 0 unspecified atom stereocenters. The fraction of sp³-hybridized carbons (Fsp3) is 0.320. The fourth-order valence-corrected chi connectivity index (χ4v) is 6.02. The number of benzene rings is 1. The van der Waals surface area contributed by atoms with Crippen LogP contribution in [0.4, 0.5) is 5.88 Å². The summed E-state index contributed by atoms with van der Waals surface area (Å²) in [5.74, 6) is 1.16. The maximum Gasteiger partial charge on any atom is 0.338 e. The predicted molar refractivity (Wildman–Crippen MR) is 146 cm³/mol. The van der Waals surface area contributed by atoms with Crippen molar-refractivity contribution in [1.29, 1.82) is 0 Å². The van der Waals surface area contributed by atoms with Gasteiger partial charge in [-0.15, -0.1) is 0 Å². The van der Waals surface area contributed by atoms with Crippen molar-refractivity contribution in [2.24, 2.45) is 4.99 Å². The molecule has 0 spiro atoms. The monoisotopic (exact) mass is 637 g/mol. The van der Waals surface area contributed by atoms with E-state index in [2.05, 4.69) is 36.9 Å². The number of aromatic nitrogens is 1. The molecule has 8 nitrogen and oxygen atoms in total. The van der Waals surface area contributed by atoms with Gasteiger partial charge < -0.3 is 18.8 Å². The molecule has 0 fully saturated rings. The van der Waals surface area contributed by atoms with Crippen LogP contribution >= 0.6 is 43.2 Å². The molecule has 1 aliphatic rings. The molecule has 1 aromatic carbocycles. The molecule has 190 valence electrons. The van der Waals surface area contributed by atoms with Gasteiger partial charge in [-0.3, -0.25) is 9.36 Å². The van der Waals surface area contributed by atoms with Gasteiger partial charge in [0.2, 0.25) is 5.88 Å². The van der Waals surface area contributed by atoms with E-state index in [0.717, 1.165) is 8.95 Å². The zero-order valence-electron chi connectivity index (χ0n) is 20.6. The lowest BCUT2D eigenvalue weighted by molar-refractivity contribution is -0.143. The highest BCUT2D eigenvalue weighted by Crippen LogP contribution is 2.37. The number of halogens is 2. The van der Waals surface area contributed by atoms with Gasteiger partial charge in [-0.05, 0) is 54.9 Å². The SMILES string of the molecule is COc1ccc(Br)cc1[C@H]1C(C(=O)OC(C)C)=C(C)N=c2s/c(=C\c3cc(Br)c(N(C)C)o3)c(=O)n21. The van der Waals surface area contributed by atoms with Crippen LogP contribution < -0.4 is 24.5 Å². The van der Waals surface area contributed by atoms with E-state index < -0.39 is 12.0 Å². The normalized spacial score (nSPS) is 15.7. The van der Waals surface area contributed by atoms with Gasteiger partial charge >= 0.3 is 5.97 Å². The molecule has 4 rings (SSSR count). The number of carbonyl (C=O) groups excluding carboxylic acids is 1. The summed E-state index contributed by atoms with van der Waals surface area (Å²) < 4.78 is 20.6. The molecule has 1 aliphatic heterocycles. The summed E-state index contributed by atoms with van der Waals surface area (Å²) in [6.45, 7) is 5.31. The second kappa shape index (κ2) is 10.4. The summed E-state index contributed by atoms with van der Waals surface area (Å²) in [6, 6.07) is 6.49. The molecule has 0 amide bonds. The maximum atomic E-state index is 13.8. The Bertz CT molecular complexity index is 1550. The highest BCUT2D eigenvalue weighted by Gasteiger charge is 2.35. The van der Waals surface area contributed by atoms with Crippen molar-refractivity contribution >= 4 is 61.1 Å². The Balaban J connectivity index is 1.98. The summed E-state index contributed by atoms with van der Waals surface area (Å²) in [5, 5.41) is 0. The number of nitrogens with zero attached hydrogens (tertiary/aromatic N) is 3. The standard InChI is InChI=1S/C25H25Br2N3O5S/c1-12(2)34-24(32)20-13(3)28-25-30(21(20)16-9-14(26)7-8-18(16)33-6)22(31)19(36-25)11-15-10-17(27)23(35-15)29(4)5/h7-12,21H,1-6H3/b19-11-/t21-/m0/s1. The smallest absolute Gasteiger partial charge is 0.338 e. The molecular formula is C25H25Br2N3O5S. The highest BCUT2D eigenvalue weighted by molar-refractivity contribution is 9.10. The van der Waals surface area contributed by atoms with Crippen LogP contribution in [-0.4, -0.2) is 37.8 Å². The van der Waals surface area contributed by atoms with E-state index in [1.165, 1.54) is 15.9 Å². The maximum absolute atomic E-state index is 13.8. The molecule has 3 aromatic rings. The van der Waals surface area contributed by atoms with Crippen LogP contribution in [0.15, 0.2) is 58.7 Å². The van der Waals surface area contributed by atoms with Crippen LogP contribution in [0.5, 0.6) is 5.75 Å². The topological polar surface area (TPSA) is 86.3 Å². The number of hydrogen-bond acceptors (Lipinski definition) is 8. The van der Waals surface area contributed by atoms with E-state index in [1.807, 2.05) is 31.1 Å². The number of allylic oxidation sites excluding steroid dienone is 1. The summed E-state index contributed by atoms with van der Waals surface area (Å²) in [4.78, 5) is 34.0. The van der Waals surface area contributed by atoms with E-state index in [0.29, 0.717) is 38.0 Å². The summed E-state index contributed by atoms with van der Waals surface area (Å²) in [7, 11) is 5.29. The quantitative estimate of drug-likeness (QED) is 0.373. The van der Waals surface area contributed by atoms with Crippen molar-refractivity contribution in [3.63, 3.8) is 0 Å². The average molecular weight is 639 g/mol.